The van der Waals surface area contributed by atoms with Crippen LogP contribution in [-0.2, 0) is 10.0 Å². The number of nitrogens with one attached hydrogen (secondary N) is 1. The predicted molar refractivity (Wildman–Crippen MR) is 102 cm³/mol. The largest absolute Gasteiger partial charge is 0.292 e. The fourth-order valence-corrected chi connectivity index (χ4v) is 4.60. The van der Waals surface area contributed by atoms with Gasteiger partial charge in [-0.05, 0) is 69.0 Å². The summed E-state index contributed by atoms with van der Waals surface area (Å²) < 4.78 is 25.8. The molecule has 1 aliphatic rings. The zero-order chi connectivity index (χ0) is 18.0. The Balaban J connectivity index is 1.96. The maximum atomic E-state index is 12.9. The highest BCUT2D eigenvalue weighted by molar-refractivity contribution is 7.89. The Kier molecular flexibility index (Phi) is 5.16. The Morgan fingerprint density at radius 2 is 1.44 bits per heavy atom. The lowest BCUT2D eigenvalue weighted by atomic mass is 10.1. The molecule has 2 aromatic rings. The van der Waals surface area contributed by atoms with Crippen LogP contribution in [0.5, 0.6) is 0 Å². The van der Waals surface area contributed by atoms with E-state index in [-0.39, 0.29) is 6.04 Å². The molecule has 1 saturated carbocycles. The lowest BCUT2D eigenvalue weighted by Crippen LogP contribution is -2.48. The van der Waals surface area contributed by atoms with E-state index in [1.807, 2.05) is 50.0 Å². The van der Waals surface area contributed by atoms with E-state index in [9.17, 15) is 8.42 Å². The molecule has 1 N–H and O–H groups in total. The van der Waals surface area contributed by atoms with Gasteiger partial charge in [0.15, 0.2) is 0 Å². The molecule has 134 valence electrons. The highest BCUT2D eigenvalue weighted by Crippen LogP contribution is 2.29. The van der Waals surface area contributed by atoms with Crippen LogP contribution in [0.2, 0.25) is 0 Å². The molecule has 3 rings (SSSR count). The van der Waals surface area contributed by atoms with Crippen LogP contribution in [-0.4, -0.2) is 14.5 Å². The van der Waals surface area contributed by atoms with Gasteiger partial charge in [0.2, 0.25) is 0 Å². The smallest absolute Gasteiger partial charge is 0.257 e. The van der Waals surface area contributed by atoms with Gasteiger partial charge in [0.25, 0.3) is 10.0 Å². The summed E-state index contributed by atoms with van der Waals surface area (Å²) in [5, 5.41) is 1.86. The van der Waals surface area contributed by atoms with E-state index >= 15 is 0 Å². The van der Waals surface area contributed by atoms with Gasteiger partial charge in [0.1, 0.15) is 0 Å². The summed E-state index contributed by atoms with van der Waals surface area (Å²) in [7, 11) is -3.61. The van der Waals surface area contributed by atoms with Crippen molar-refractivity contribution in [2.75, 3.05) is 5.01 Å². The van der Waals surface area contributed by atoms with Crippen LogP contribution in [0.3, 0.4) is 0 Å². The van der Waals surface area contributed by atoms with Crippen molar-refractivity contribution in [1.82, 2.24) is 4.83 Å². The molecule has 0 bridgehead atoms. The van der Waals surface area contributed by atoms with Crippen molar-refractivity contribution >= 4 is 15.7 Å². The average Bonchev–Trinajstić information content (AvgIpc) is 3.06. The zero-order valence-electron chi connectivity index (χ0n) is 15.1. The second kappa shape index (κ2) is 7.18. The number of hydrazine groups is 1. The maximum absolute atomic E-state index is 12.9. The molecule has 1 fully saturated rings. The molecule has 0 amide bonds. The molecular weight excluding hydrogens is 332 g/mol. The van der Waals surface area contributed by atoms with Gasteiger partial charge < -0.3 is 0 Å². The van der Waals surface area contributed by atoms with Gasteiger partial charge in [-0.3, -0.25) is 5.01 Å². The lowest BCUT2D eigenvalue weighted by molar-refractivity contribution is 0.544. The van der Waals surface area contributed by atoms with Crippen LogP contribution in [0.1, 0.15) is 42.4 Å². The molecule has 0 saturated heterocycles. The number of aryl methyl sites for hydroxylation is 3. The first kappa shape index (κ1) is 18.0. The van der Waals surface area contributed by atoms with Crippen molar-refractivity contribution in [2.45, 2.75) is 57.4 Å². The summed E-state index contributed by atoms with van der Waals surface area (Å²) in [5.41, 5.74) is 4.22. The highest BCUT2D eigenvalue weighted by Gasteiger charge is 2.27. The standard InChI is InChI=1S/C20H26N2O2S/c1-15-8-10-20(11-9-15)25(23,24)21-22(18-6-4-5-7-18)19-13-16(2)12-17(3)14-19/h8-14,18,21H,4-7H2,1-3H3. The molecule has 0 aromatic heterocycles. The van der Waals surface area contributed by atoms with Crippen LogP contribution in [0.4, 0.5) is 5.69 Å². The molecule has 0 heterocycles. The molecule has 0 aliphatic heterocycles. The van der Waals surface area contributed by atoms with E-state index in [2.05, 4.69) is 10.9 Å². The van der Waals surface area contributed by atoms with E-state index in [0.717, 1.165) is 48.1 Å². The normalized spacial score (nSPS) is 15.5. The number of rotatable bonds is 5. The van der Waals surface area contributed by atoms with E-state index < -0.39 is 10.0 Å². The van der Waals surface area contributed by atoms with Crippen LogP contribution in [0.15, 0.2) is 47.4 Å². The fourth-order valence-electron chi connectivity index (χ4n) is 3.49. The minimum atomic E-state index is -3.61. The molecule has 5 heteroatoms. The van der Waals surface area contributed by atoms with Gasteiger partial charge in [-0.15, -0.1) is 4.83 Å². The van der Waals surface area contributed by atoms with E-state index in [0.29, 0.717) is 4.90 Å². The number of benzene rings is 2. The second-order valence-electron chi connectivity index (χ2n) is 7.06. The minimum Gasteiger partial charge on any atom is -0.292 e. The van der Waals surface area contributed by atoms with Gasteiger partial charge in [-0.25, -0.2) is 8.42 Å². The van der Waals surface area contributed by atoms with Crippen LogP contribution in [0.25, 0.3) is 0 Å². The molecule has 0 atom stereocenters. The third-order valence-corrected chi connectivity index (χ3v) is 6.05. The van der Waals surface area contributed by atoms with Crippen molar-refractivity contribution in [3.63, 3.8) is 0 Å². The fraction of sp³-hybridized carbons (Fsp3) is 0.400. The van der Waals surface area contributed by atoms with Crippen molar-refractivity contribution in [3.8, 4) is 0 Å². The van der Waals surface area contributed by atoms with Gasteiger partial charge in [-0.1, -0.05) is 36.6 Å². The molecule has 0 spiro atoms. The number of anilines is 1. The first-order valence-electron chi connectivity index (χ1n) is 8.82. The zero-order valence-corrected chi connectivity index (χ0v) is 15.9. The topological polar surface area (TPSA) is 49.4 Å². The second-order valence-corrected chi connectivity index (χ2v) is 8.72. The summed E-state index contributed by atoms with van der Waals surface area (Å²) in [6.07, 6.45) is 4.28. The molecule has 0 unspecified atom stereocenters. The quantitative estimate of drug-likeness (QED) is 0.813. The highest BCUT2D eigenvalue weighted by atomic mass is 32.2. The molecule has 0 radical (unpaired) electrons. The SMILES string of the molecule is Cc1ccc(S(=O)(=O)NN(c2cc(C)cc(C)c2)C2CCCC2)cc1. The predicted octanol–water partition coefficient (Wildman–Crippen LogP) is 4.25. The van der Waals surface area contributed by atoms with Crippen molar-refractivity contribution in [1.29, 1.82) is 0 Å². The van der Waals surface area contributed by atoms with Gasteiger partial charge in [0, 0.05) is 6.04 Å². The van der Waals surface area contributed by atoms with Gasteiger partial charge in [0.05, 0.1) is 10.6 Å². The first-order chi connectivity index (χ1) is 11.8. The maximum Gasteiger partial charge on any atom is 0.257 e. The Morgan fingerprint density at radius 1 is 0.880 bits per heavy atom. The van der Waals surface area contributed by atoms with Gasteiger partial charge in [-0.2, -0.15) is 0 Å². The Morgan fingerprint density at radius 3 is 2.00 bits per heavy atom. The first-order valence-corrected chi connectivity index (χ1v) is 10.3. The number of hydrogen-bond acceptors (Lipinski definition) is 3. The number of nitrogens with zero attached hydrogens (tertiary/aromatic N) is 1. The summed E-state index contributed by atoms with van der Waals surface area (Å²) in [6, 6.07) is 13.4. The van der Waals surface area contributed by atoms with E-state index in [1.165, 1.54) is 0 Å². The minimum absolute atomic E-state index is 0.196. The lowest BCUT2D eigenvalue weighted by Gasteiger charge is -2.31. The Hall–Kier alpha value is -1.85. The summed E-state index contributed by atoms with van der Waals surface area (Å²) in [6.45, 7) is 6.03. The molecular formula is C20H26N2O2S. The Bertz CT molecular complexity index is 818. The number of hydrogen-bond donors (Lipinski definition) is 1. The monoisotopic (exact) mass is 358 g/mol. The summed E-state index contributed by atoms with van der Waals surface area (Å²) in [4.78, 5) is 3.14. The van der Waals surface area contributed by atoms with E-state index in [4.69, 9.17) is 0 Å². The summed E-state index contributed by atoms with van der Waals surface area (Å²) >= 11 is 0. The third kappa shape index (κ3) is 4.22. The third-order valence-electron chi connectivity index (χ3n) is 4.72. The molecule has 25 heavy (non-hydrogen) atoms. The van der Waals surface area contributed by atoms with Crippen molar-refractivity contribution in [3.05, 3.63) is 59.2 Å². The summed E-state index contributed by atoms with van der Waals surface area (Å²) in [5.74, 6) is 0. The van der Waals surface area contributed by atoms with Crippen LogP contribution < -0.4 is 9.84 Å². The number of sulfonamides is 1. The molecule has 2 aromatic carbocycles. The van der Waals surface area contributed by atoms with Crippen molar-refractivity contribution < 1.29 is 8.42 Å². The van der Waals surface area contributed by atoms with Crippen LogP contribution >= 0.6 is 0 Å². The molecule has 4 nitrogen and oxygen atoms in total. The van der Waals surface area contributed by atoms with Crippen LogP contribution in [0, 0.1) is 20.8 Å². The average molecular weight is 359 g/mol. The molecule has 1 aliphatic carbocycles. The van der Waals surface area contributed by atoms with Crippen molar-refractivity contribution in [2.24, 2.45) is 0 Å². The Labute approximate surface area is 150 Å². The van der Waals surface area contributed by atoms with E-state index in [1.54, 1.807) is 12.1 Å². The van der Waals surface area contributed by atoms with Gasteiger partial charge >= 0.3 is 0 Å².